The van der Waals surface area contributed by atoms with Crippen LogP contribution in [-0.4, -0.2) is 39.9 Å². The Kier molecular flexibility index (Phi) is 4.85. The van der Waals surface area contributed by atoms with Crippen LogP contribution in [0.15, 0.2) is 30.3 Å². The number of benzene rings is 1. The highest BCUT2D eigenvalue weighted by molar-refractivity contribution is 8.00. The van der Waals surface area contributed by atoms with Crippen molar-refractivity contribution < 1.29 is 14.7 Å². The lowest BCUT2D eigenvalue weighted by Gasteiger charge is -2.25. The molecule has 2 rings (SSSR count). The number of hydrogen-bond acceptors (Lipinski definition) is 3. The van der Waals surface area contributed by atoms with E-state index in [1.54, 1.807) is 0 Å². The van der Waals surface area contributed by atoms with Crippen LogP contribution in [0.2, 0.25) is 0 Å². The van der Waals surface area contributed by atoms with Crippen LogP contribution in [0.1, 0.15) is 24.4 Å². The SMILES string of the molecule is O=C(O)CSCC(=O)N1CCCC1c1ccccc1. The molecule has 102 valence electrons. The number of thioether (sulfide) groups is 1. The Labute approximate surface area is 116 Å². The van der Waals surface area contributed by atoms with Crippen molar-refractivity contribution in [1.29, 1.82) is 0 Å². The third kappa shape index (κ3) is 3.73. The molecule has 0 bridgehead atoms. The first-order chi connectivity index (χ1) is 9.18. The average Bonchev–Trinajstić information content (AvgIpc) is 2.88. The van der Waals surface area contributed by atoms with Gasteiger partial charge in [0.05, 0.1) is 17.5 Å². The highest BCUT2D eigenvalue weighted by Crippen LogP contribution is 2.32. The number of nitrogens with zero attached hydrogens (tertiary/aromatic N) is 1. The van der Waals surface area contributed by atoms with Crippen LogP contribution in [0.5, 0.6) is 0 Å². The molecule has 0 radical (unpaired) electrons. The average molecular weight is 279 g/mol. The van der Waals surface area contributed by atoms with Crippen LogP contribution in [0.4, 0.5) is 0 Å². The first-order valence-corrected chi connectivity index (χ1v) is 7.48. The summed E-state index contributed by atoms with van der Waals surface area (Å²) in [5.41, 5.74) is 1.16. The van der Waals surface area contributed by atoms with E-state index in [-0.39, 0.29) is 23.5 Å². The predicted octanol–water partition coefficient (Wildman–Crippen LogP) is 2.17. The van der Waals surface area contributed by atoms with Crippen LogP contribution in [0.3, 0.4) is 0 Å². The van der Waals surface area contributed by atoms with Gasteiger partial charge >= 0.3 is 5.97 Å². The number of amides is 1. The molecular weight excluding hydrogens is 262 g/mol. The fourth-order valence-corrected chi connectivity index (χ4v) is 3.01. The van der Waals surface area contributed by atoms with E-state index in [1.807, 2.05) is 35.2 Å². The summed E-state index contributed by atoms with van der Waals surface area (Å²) >= 11 is 1.16. The van der Waals surface area contributed by atoms with Gasteiger partial charge in [0, 0.05) is 6.54 Å². The Balaban J connectivity index is 1.95. The van der Waals surface area contributed by atoms with Gasteiger partial charge in [-0.15, -0.1) is 11.8 Å². The van der Waals surface area contributed by atoms with Crippen molar-refractivity contribution in [3.8, 4) is 0 Å². The van der Waals surface area contributed by atoms with E-state index in [2.05, 4.69) is 0 Å². The quantitative estimate of drug-likeness (QED) is 0.897. The maximum atomic E-state index is 12.1. The molecule has 1 heterocycles. The van der Waals surface area contributed by atoms with Crippen molar-refractivity contribution in [3.05, 3.63) is 35.9 Å². The number of rotatable bonds is 5. The normalized spacial score (nSPS) is 18.5. The minimum atomic E-state index is -0.876. The summed E-state index contributed by atoms with van der Waals surface area (Å²) in [5.74, 6) is -0.609. The second-order valence-electron chi connectivity index (χ2n) is 4.54. The fraction of sp³-hybridized carbons (Fsp3) is 0.429. The minimum absolute atomic E-state index is 0.0183. The van der Waals surface area contributed by atoms with Crippen LogP contribution in [-0.2, 0) is 9.59 Å². The van der Waals surface area contributed by atoms with Crippen molar-refractivity contribution >= 4 is 23.6 Å². The van der Waals surface area contributed by atoms with Gasteiger partial charge in [0.15, 0.2) is 0 Å². The van der Waals surface area contributed by atoms with E-state index >= 15 is 0 Å². The molecule has 0 aliphatic carbocycles. The number of aliphatic carboxylic acids is 1. The molecule has 1 amide bonds. The monoisotopic (exact) mass is 279 g/mol. The zero-order valence-corrected chi connectivity index (χ0v) is 11.4. The summed E-state index contributed by atoms with van der Waals surface area (Å²) in [6.07, 6.45) is 1.99. The van der Waals surface area contributed by atoms with Crippen molar-refractivity contribution in [2.45, 2.75) is 18.9 Å². The van der Waals surface area contributed by atoms with Gasteiger partial charge in [-0.3, -0.25) is 9.59 Å². The van der Waals surface area contributed by atoms with Crippen molar-refractivity contribution in [3.63, 3.8) is 0 Å². The topological polar surface area (TPSA) is 57.6 Å². The Hall–Kier alpha value is -1.49. The van der Waals surface area contributed by atoms with Gasteiger partial charge in [0.2, 0.25) is 5.91 Å². The van der Waals surface area contributed by atoms with E-state index in [4.69, 9.17) is 5.11 Å². The van der Waals surface area contributed by atoms with E-state index in [0.29, 0.717) is 0 Å². The number of hydrogen-bond donors (Lipinski definition) is 1. The molecule has 1 fully saturated rings. The van der Waals surface area contributed by atoms with Crippen molar-refractivity contribution in [2.24, 2.45) is 0 Å². The molecule has 19 heavy (non-hydrogen) atoms. The zero-order valence-electron chi connectivity index (χ0n) is 10.6. The van der Waals surface area contributed by atoms with Gasteiger partial charge in [0.1, 0.15) is 0 Å². The van der Waals surface area contributed by atoms with E-state index in [9.17, 15) is 9.59 Å². The number of carboxylic acids is 1. The Morgan fingerprint density at radius 1 is 1.26 bits per heavy atom. The molecule has 0 saturated carbocycles. The first kappa shape index (κ1) is 13.9. The Bertz CT molecular complexity index is 449. The molecule has 1 atom stereocenters. The second kappa shape index (κ2) is 6.61. The van der Waals surface area contributed by atoms with Crippen LogP contribution >= 0.6 is 11.8 Å². The second-order valence-corrected chi connectivity index (χ2v) is 5.53. The lowest BCUT2D eigenvalue weighted by molar-refractivity contribution is -0.133. The molecule has 5 heteroatoms. The maximum Gasteiger partial charge on any atom is 0.313 e. The van der Waals surface area contributed by atoms with Crippen molar-refractivity contribution in [2.75, 3.05) is 18.1 Å². The number of carbonyl (C=O) groups is 2. The lowest BCUT2D eigenvalue weighted by atomic mass is 10.0. The number of carboxylic acid groups (broad SMARTS) is 1. The molecule has 1 aliphatic heterocycles. The van der Waals surface area contributed by atoms with E-state index in [1.165, 1.54) is 0 Å². The molecule has 0 spiro atoms. The first-order valence-electron chi connectivity index (χ1n) is 6.32. The number of carbonyl (C=O) groups excluding carboxylic acids is 1. The molecular formula is C14H17NO3S. The molecule has 0 aromatic heterocycles. The maximum absolute atomic E-state index is 12.1. The summed E-state index contributed by atoms with van der Waals surface area (Å²) in [6.45, 7) is 0.770. The van der Waals surface area contributed by atoms with Crippen molar-refractivity contribution in [1.82, 2.24) is 4.90 Å². The molecule has 4 nitrogen and oxygen atoms in total. The van der Waals surface area contributed by atoms with Gasteiger partial charge in [0.25, 0.3) is 0 Å². The van der Waals surface area contributed by atoms with Crippen LogP contribution < -0.4 is 0 Å². The third-order valence-corrected chi connectivity index (χ3v) is 4.11. The molecule has 1 saturated heterocycles. The minimum Gasteiger partial charge on any atom is -0.481 e. The Morgan fingerprint density at radius 3 is 2.68 bits per heavy atom. The highest BCUT2D eigenvalue weighted by atomic mass is 32.2. The summed E-state index contributed by atoms with van der Waals surface area (Å²) in [5, 5.41) is 8.58. The molecule has 1 unspecified atom stereocenters. The van der Waals surface area contributed by atoms with E-state index in [0.717, 1.165) is 36.7 Å². The zero-order chi connectivity index (χ0) is 13.7. The fourth-order valence-electron chi connectivity index (χ4n) is 2.40. The summed E-state index contributed by atoms with van der Waals surface area (Å²) in [6, 6.07) is 10.2. The van der Waals surface area contributed by atoms with E-state index < -0.39 is 5.97 Å². The standard InChI is InChI=1S/C14H17NO3S/c16-13(9-19-10-14(17)18)15-8-4-7-12(15)11-5-2-1-3-6-11/h1-3,5-6,12H,4,7-10H2,(H,17,18). The van der Waals surface area contributed by atoms with Gasteiger partial charge in [-0.2, -0.15) is 0 Å². The van der Waals surface area contributed by atoms with Gasteiger partial charge < -0.3 is 10.0 Å². The van der Waals surface area contributed by atoms with Gasteiger partial charge in [-0.05, 0) is 18.4 Å². The predicted molar refractivity (Wildman–Crippen MR) is 75.1 cm³/mol. The van der Waals surface area contributed by atoms with Gasteiger partial charge in [-0.25, -0.2) is 0 Å². The highest BCUT2D eigenvalue weighted by Gasteiger charge is 2.29. The summed E-state index contributed by atoms with van der Waals surface area (Å²) < 4.78 is 0. The third-order valence-electron chi connectivity index (χ3n) is 3.21. The molecule has 1 aromatic carbocycles. The largest absolute Gasteiger partial charge is 0.481 e. The molecule has 1 aliphatic rings. The smallest absolute Gasteiger partial charge is 0.313 e. The Morgan fingerprint density at radius 2 is 2.00 bits per heavy atom. The summed E-state index contributed by atoms with van der Waals surface area (Å²) in [7, 11) is 0. The lowest BCUT2D eigenvalue weighted by Crippen LogP contribution is -2.32. The van der Waals surface area contributed by atoms with Crippen LogP contribution in [0.25, 0.3) is 0 Å². The molecule has 1 aromatic rings. The summed E-state index contributed by atoms with van der Waals surface area (Å²) in [4.78, 5) is 24.4. The van der Waals surface area contributed by atoms with Gasteiger partial charge in [-0.1, -0.05) is 30.3 Å². The van der Waals surface area contributed by atoms with Crippen LogP contribution in [0, 0.1) is 0 Å². The molecule has 1 N–H and O–H groups in total. The number of likely N-dealkylation sites (tertiary alicyclic amines) is 1.